The molecule has 0 aliphatic heterocycles. The Hall–Kier alpha value is -0.600. The van der Waals surface area contributed by atoms with Crippen molar-refractivity contribution in [3.05, 3.63) is 34.6 Å². The summed E-state index contributed by atoms with van der Waals surface area (Å²) >= 11 is 5.68. The van der Waals surface area contributed by atoms with Crippen LogP contribution in [0.4, 0.5) is 4.39 Å². The van der Waals surface area contributed by atoms with Gasteiger partial charge in [-0.3, -0.25) is 0 Å². The molecule has 82 valence electrons. The third-order valence-corrected chi connectivity index (χ3v) is 3.40. The summed E-state index contributed by atoms with van der Waals surface area (Å²) in [7, 11) is 0. The molecule has 1 aliphatic carbocycles. The monoisotopic (exact) mass is 228 g/mol. The van der Waals surface area contributed by atoms with E-state index in [1.165, 1.54) is 6.07 Å². The Morgan fingerprint density at radius 3 is 2.80 bits per heavy atom. The van der Waals surface area contributed by atoms with Crippen LogP contribution in [-0.2, 0) is 5.60 Å². The molecule has 1 aromatic carbocycles. The Kier molecular flexibility index (Phi) is 2.73. The number of benzene rings is 1. The first kappa shape index (κ1) is 10.9. The van der Waals surface area contributed by atoms with Crippen LogP contribution in [-0.4, -0.2) is 5.11 Å². The molecule has 1 nitrogen and oxygen atoms in total. The van der Waals surface area contributed by atoms with Crippen LogP contribution in [0.15, 0.2) is 18.2 Å². The summed E-state index contributed by atoms with van der Waals surface area (Å²) < 4.78 is 13.6. The van der Waals surface area contributed by atoms with Gasteiger partial charge in [-0.1, -0.05) is 24.6 Å². The molecule has 15 heavy (non-hydrogen) atoms. The van der Waals surface area contributed by atoms with Crippen LogP contribution in [0.3, 0.4) is 0 Å². The molecule has 2 unspecified atom stereocenters. The second-order valence-electron chi connectivity index (χ2n) is 4.50. The fraction of sp³-hybridized carbons (Fsp3) is 0.500. The average Bonchev–Trinajstić information content (AvgIpc) is 2.46. The summed E-state index contributed by atoms with van der Waals surface area (Å²) in [6.07, 6.45) is 2.21. The van der Waals surface area contributed by atoms with Crippen LogP contribution in [0.1, 0.15) is 31.7 Å². The fourth-order valence-electron chi connectivity index (χ4n) is 2.38. The molecule has 0 amide bonds. The maximum absolute atomic E-state index is 13.6. The first-order valence-corrected chi connectivity index (χ1v) is 5.57. The summed E-state index contributed by atoms with van der Waals surface area (Å²) in [5, 5.41) is 10.7. The van der Waals surface area contributed by atoms with Crippen LogP contribution >= 0.6 is 11.6 Å². The van der Waals surface area contributed by atoms with Crippen molar-refractivity contribution >= 4 is 11.6 Å². The van der Waals surface area contributed by atoms with E-state index >= 15 is 0 Å². The minimum absolute atomic E-state index is 0.367. The number of rotatable bonds is 1. The summed E-state index contributed by atoms with van der Waals surface area (Å²) in [4.78, 5) is 0. The van der Waals surface area contributed by atoms with Gasteiger partial charge in [0.2, 0.25) is 0 Å². The van der Waals surface area contributed by atoms with E-state index in [0.717, 1.165) is 6.42 Å². The van der Waals surface area contributed by atoms with Crippen molar-refractivity contribution in [2.24, 2.45) is 5.92 Å². The van der Waals surface area contributed by atoms with Gasteiger partial charge in [0.05, 0.1) is 5.60 Å². The van der Waals surface area contributed by atoms with E-state index in [1.807, 2.05) is 0 Å². The standard InChI is InChI=1S/C12H14ClFO/c1-8-4-5-12(15,7-8)10-3-2-9(13)6-11(10)14/h2-3,6,8,15H,4-5,7H2,1H3. The smallest absolute Gasteiger partial charge is 0.130 e. The van der Waals surface area contributed by atoms with E-state index in [0.29, 0.717) is 29.3 Å². The highest BCUT2D eigenvalue weighted by molar-refractivity contribution is 6.30. The van der Waals surface area contributed by atoms with E-state index in [1.54, 1.807) is 12.1 Å². The van der Waals surface area contributed by atoms with Crippen LogP contribution < -0.4 is 0 Å². The number of hydrogen-bond donors (Lipinski definition) is 1. The van der Waals surface area contributed by atoms with Gasteiger partial charge in [-0.2, -0.15) is 0 Å². The molecule has 2 rings (SSSR count). The highest BCUT2D eigenvalue weighted by atomic mass is 35.5. The zero-order chi connectivity index (χ0) is 11.1. The molecule has 1 N–H and O–H groups in total. The van der Waals surface area contributed by atoms with Gasteiger partial charge in [-0.25, -0.2) is 4.39 Å². The normalized spacial score (nSPS) is 30.8. The van der Waals surface area contributed by atoms with Gasteiger partial charge in [0.15, 0.2) is 0 Å². The summed E-state index contributed by atoms with van der Waals surface area (Å²) in [5.41, 5.74) is -0.607. The Morgan fingerprint density at radius 1 is 1.53 bits per heavy atom. The third-order valence-electron chi connectivity index (χ3n) is 3.17. The third kappa shape index (κ3) is 2.01. The minimum atomic E-state index is -0.992. The van der Waals surface area contributed by atoms with Crippen molar-refractivity contribution in [2.75, 3.05) is 0 Å². The van der Waals surface area contributed by atoms with Crippen molar-refractivity contribution < 1.29 is 9.50 Å². The van der Waals surface area contributed by atoms with E-state index in [9.17, 15) is 9.50 Å². The molecule has 2 atom stereocenters. The highest BCUT2D eigenvalue weighted by Crippen LogP contribution is 2.42. The maximum Gasteiger partial charge on any atom is 0.130 e. The molecule has 0 radical (unpaired) electrons. The second kappa shape index (κ2) is 3.76. The zero-order valence-corrected chi connectivity index (χ0v) is 9.39. The number of aliphatic hydroxyl groups is 1. The fourth-order valence-corrected chi connectivity index (χ4v) is 2.54. The summed E-state index contributed by atoms with van der Waals surface area (Å²) in [5.74, 6) is 0.0455. The molecule has 0 spiro atoms. The number of hydrogen-bond acceptors (Lipinski definition) is 1. The molecule has 1 aromatic rings. The van der Waals surface area contributed by atoms with E-state index in [2.05, 4.69) is 6.92 Å². The van der Waals surface area contributed by atoms with Gasteiger partial charge in [0.1, 0.15) is 5.82 Å². The van der Waals surface area contributed by atoms with Crippen molar-refractivity contribution in [3.63, 3.8) is 0 Å². The molecule has 1 saturated carbocycles. The lowest BCUT2D eigenvalue weighted by Gasteiger charge is -2.23. The summed E-state index contributed by atoms with van der Waals surface area (Å²) in [6.45, 7) is 2.08. The Balaban J connectivity index is 2.37. The molecule has 1 aliphatic rings. The predicted molar refractivity (Wildman–Crippen MR) is 58.3 cm³/mol. The maximum atomic E-state index is 13.6. The van der Waals surface area contributed by atoms with Gasteiger partial charge in [0, 0.05) is 10.6 Å². The number of halogens is 2. The molecule has 0 saturated heterocycles. The van der Waals surface area contributed by atoms with Crippen LogP contribution in [0.2, 0.25) is 5.02 Å². The molecule has 0 heterocycles. The largest absolute Gasteiger partial charge is 0.385 e. The van der Waals surface area contributed by atoms with Gasteiger partial charge in [-0.15, -0.1) is 0 Å². The first-order valence-electron chi connectivity index (χ1n) is 5.19. The molecule has 0 bridgehead atoms. The van der Waals surface area contributed by atoms with Crippen molar-refractivity contribution in [1.82, 2.24) is 0 Å². The Labute approximate surface area is 93.9 Å². The van der Waals surface area contributed by atoms with E-state index in [4.69, 9.17) is 11.6 Å². The van der Waals surface area contributed by atoms with Gasteiger partial charge in [-0.05, 0) is 37.3 Å². The second-order valence-corrected chi connectivity index (χ2v) is 4.94. The lowest BCUT2D eigenvalue weighted by Crippen LogP contribution is -2.23. The summed E-state index contributed by atoms with van der Waals surface area (Å²) in [6, 6.07) is 4.48. The topological polar surface area (TPSA) is 20.2 Å². The van der Waals surface area contributed by atoms with Crippen LogP contribution in [0, 0.1) is 11.7 Å². The molecule has 1 fully saturated rings. The lowest BCUT2D eigenvalue weighted by molar-refractivity contribution is 0.0371. The van der Waals surface area contributed by atoms with Crippen LogP contribution in [0.25, 0.3) is 0 Å². The molecule has 0 aromatic heterocycles. The highest BCUT2D eigenvalue weighted by Gasteiger charge is 2.38. The molecular formula is C12H14ClFO. The zero-order valence-electron chi connectivity index (χ0n) is 8.63. The van der Waals surface area contributed by atoms with Crippen molar-refractivity contribution in [3.8, 4) is 0 Å². The SMILES string of the molecule is CC1CCC(O)(c2ccc(Cl)cc2F)C1. The van der Waals surface area contributed by atoms with Crippen molar-refractivity contribution in [2.45, 2.75) is 31.8 Å². The van der Waals surface area contributed by atoms with Gasteiger partial charge in [0.25, 0.3) is 0 Å². The minimum Gasteiger partial charge on any atom is -0.385 e. The Morgan fingerprint density at radius 2 is 2.27 bits per heavy atom. The van der Waals surface area contributed by atoms with Gasteiger partial charge >= 0.3 is 0 Å². The average molecular weight is 229 g/mol. The van der Waals surface area contributed by atoms with Crippen molar-refractivity contribution in [1.29, 1.82) is 0 Å². The first-order chi connectivity index (χ1) is 7.01. The Bertz CT molecular complexity index is 380. The molecule has 3 heteroatoms. The molecular weight excluding hydrogens is 215 g/mol. The quantitative estimate of drug-likeness (QED) is 0.780. The van der Waals surface area contributed by atoms with Crippen LogP contribution in [0.5, 0.6) is 0 Å². The predicted octanol–water partition coefficient (Wildman–Crippen LogP) is 3.49. The lowest BCUT2D eigenvalue weighted by atomic mass is 9.91. The van der Waals surface area contributed by atoms with Gasteiger partial charge < -0.3 is 5.11 Å². The van der Waals surface area contributed by atoms with E-state index < -0.39 is 11.4 Å². The van der Waals surface area contributed by atoms with E-state index in [-0.39, 0.29) is 0 Å².